The third-order valence-corrected chi connectivity index (χ3v) is 5.87. The van der Waals surface area contributed by atoms with E-state index >= 15 is 0 Å². The lowest BCUT2D eigenvalue weighted by Crippen LogP contribution is -2.09. The molecular formula is C22H21NO4S. The van der Waals surface area contributed by atoms with E-state index in [1.165, 1.54) is 11.8 Å². The fraction of sp³-hybridized carbons (Fsp3) is 0.273. The van der Waals surface area contributed by atoms with Crippen LogP contribution in [0.4, 0.5) is 0 Å². The van der Waals surface area contributed by atoms with Crippen molar-refractivity contribution in [2.45, 2.75) is 29.7 Å². The smallest absolute Gasteiger partial charge is 0.319 e. The molecule has 1 aliphatic rings. The summed E-state index contributed by atoms with van der Waals surface area (Å²) in [5.74, 6) is 1.20. The lowest BCUT2D eigenvalue weighted by Gasteiger charge is -2.15. The Bertz CT molecular complexity index is 1020. The summed E-state index contributed by atoms with van der Waals surface area (Å²) in [6.45, 7) is 1.91. The van der Waals surface area contributed by atoms with Crippen LogP contribution in [0.1, 0.15) is 13.3 Å². The highest BCUT2D eigenvalue weighted by atomic mass is 32.2. The van der Waals surface area contributed by atoms with Gasteiger partial charge in [-0.25, -0.2) is 4.98 Å². The highest BCUT2D eigenvalue weighted by Crippen LogP contribution is 2.41. The molecule has 4 rings (SSSR count). The number of carbonyl (C=O) groups excluding carboxylic acids is 1. The van der Waals surface area contributed by atoms with Crippen molar-refractivity contribution >= 4 is 28.6 Å². The fourth-order valence-electron chi connectivity index (χ4n) is 3.43. The van der Waals surface area contributed by atoms with Gasteiger partial charge in [-0.3, -0.25) is 4.79 Å². The summed E-state index contributed by atoms with van der Waals surface area (Å²) < 4.78 is 16.3. The van der Waals surface area contributed by atoms with Crippen LogP contribution < -0.4 is 9.47 Å². The van der Waals surface area contributed by atoms with Crippen molar-refractivity contribution < 1.29 is 19.0 Å². The minimum atomic E-state index is -0.240. The van der Waals surface area contributed by atoms with Gasteiger partial charge in [-0.15, -0.1) is 0 Å². The number of benzene rings is 2. The van der Waals surface area contributed by atoms with Crippen molar-refractivity contribution in [3.05, 3.63) is 48.5 Å². The minimum absolute atomic E-state index is 0.0563. The Morgan fingerprint density at radius 2 is 1.89 bits per heavy atom. The number of nitrogens with zero attached hydrogens (tertiary/aromatic N) is 1. The maximum Gasteiger partial charge on any atom is 0.319 e. The minimum Gasteiger partial charge on any atom is -0.497 e. The van der Waals surface area contributed by atoms with E-state index in [1.807, 2.05) is 43.3 Å². The van der Waals surface area contributed by atoms with Crippen molar-refractivity contribution in [2.24, 2.45) is 0 Å². The molecule has 144 valence electrons. The van der Waals surface area contributed by atoms with E-state index in [1.54, 1.807) is 14.2 Å². The summed E-state index contributed by atoms with van der Waals surface area (Å²) in [6.07, 6.45) is 0.630. The van der Waals surface area contributed by atoms with Gasteiger partial charge in [0.25, 0.3) is 0 Å². The third kappa shape index (κ3) is 3.52. The fourth-order valence-corrected chi connectivity index (χ4v) is 4.58. The molecule has 0 unspecified atom stereocenters. The first kappa shape index (κ1) is 18.6. The molecule has 0 saturated carbocycles. The van der Waals surface area contributed by atoms with Crippen LogP contribution in [0.3, 0.4) is 0 Å². The van der Waals surface area contributed by atoms with Gasteiger partial charge in [0, 0.05) is 18.6 Å². The van der Waals surface area contributed by atoms with Crippen LogP contribution in [0.2, 0.25) is 0 Å². The van der Waals surface area contributed by atoms with Gasteiger partial charge >= 0.3 is 5.97 Å². The van der Waals surface area contributed by atoms with Crippen molar-refractivity contribution in [1.29, 1.82) is 0 Å². The molecule has 0 aliphatic carbocycles. The molecule has 5 nitrogen and oxygen atoms in total. The van der Waals surface area contributed by atoms with E-state index in [4.69, 9.17) is 19.2 Å². The molecule has 1 saturated heterocycles. The van der Waals surface area contributed by atoms with Crippen LogP contribution >= 0.6 is 11.8 Å². The Labute approximate surface area is 168 Å². The molecule has 28 heavy (non-hydrogen) atoms. The number of cyclic esters (lactones) is 1. The van der Waals surface area contributed by atoms with Gasteiger partial charge in [0.15, 0.2) is 0 Å². The second kappa shape index (κ2) is 7.72. The largest absolute Gasteiger partial charge is 0.497 e. The molecule has 0 bridgehead atoms. The highest BCUT2D eigenvalue weighted by Gasteiger charge is 2.33. The molecule has 0 N–H and O–H groups in total. The van der Waals surface area contributed by atoms with E-state index in [2.05, 4.69) is 12.1 Å². The summed E-state index contributed by atoms with van der Waals surface area (Å²) in [6, 6.07) is 15.9. The number of ether oxygens (including phenoxy) is 3. The predicted octanol–water partition coefficient (Wildman–Crippen LogP) is 4.72. The van der Waals surface area contributed by atoms with Gasteiger partial charge in [0.1, 0.15) is 22.9 Å². The number of methoxy groups -OCH3 is 2. The monoisotopic (exact) mass is 395 g/mol. The van der Waals surface area contributed by atoms with Crippen LogP contribution in [-0.4, -0.2) is 36.5 Å². The average Bonchev–Trinajstić information content (AvgIpc) is 3.03. The second-order valence-electron chi connectivity index (χ2n) is 6.69. The number of aromatic nitrogens is 1. The molecule has 2 atom stereocenters. The standard InChI is InChI=1S/C22H21NO4S/c1-13-9-19(22(24)27-13)28-20-12-16(14-7-5-4-6-8-14)21-17(23-20)10-15(25-2)11-18(21)26-3/h4-8,10-13,19H,9H2,1-3H3/t13-,19-/m1/s1. The van der Waals surface area contributed by atoms with Crippen LogP contribution in [0.15, 0.2) is 53.6 Å². The number of esters is 1. The van der Waals surface area contributed by atoms with Crippen LogP contribution in [0, 0.1) is 0 Å². The highest BCUT2D eigenvalue weighted by molar-refractivity contribution is 8.00. The first-order valence-corrected chi connectivity index (χ1v) is 9.96. The van der Waals surface area contributed by atoms with E-state index in [0.717, 1.165) is 27.1 Å². The van der Waals surface area contributed by atoms with Crippen molar-refractivity contribution in [2.75, 3.05) is 14.2 Å². The van der Waals surface area contributed by atoms with Crippen LogP contribution in [-0.2, 0) is 9.53 Å². The summed E-state index contributed by atoms with van der Waals surface area (Å²) in [7, 11) is 3.26. The zero-order valence-corrected chi connectivity index (χ0v) is 16.8. The van der Waals surface area contributed by atoms with Gasteiger partial charge in [0.05, 0.1) is 30.1 Å². The SMILES string of the molecule is COc1cc(OC)c2c(-c3ccccc3)cc(S[C@@H]3C[C@@H](C)OC3=O)nc2c1. The number of thioether (sulfide) groups is 1. The first-order chi connectivity index (χ1) is 13.6. The normalized spacial score (nSPS) is 18.9. The number of rotatable bonds is 5. The van der Waals surface area contributed by atoms with E-state index in [-0.39, 0.29) is 17.3 Å². The summed E-state index contributed by atoms with van der Waals surface area (Å²) in [5.41, 5.74) is 2.83. The number of carbonyl (C=O) groups is 1. The average molecular weight is 395 g/mol. The second-order valence-corrected chi connectivity index (χ2v) is 7.91. The number of pyridine rings is 1. The molecule has 2 aromatic carbocycles. The zero-order valence-electron chi connectivity index (χ0n) is 16.0. The number of hydrogen-bond acceptors (Lipinski definition) is 6. The van der Waals surface area contributed by atoms with Gasteiger partial charge in [-0.05, 0) is 24.1 Å². The molecule has 1 aliphatic heterocycles. The van der Waals surface area contributed by atoms with Gasteiger partial charge in [-0.1, -0.05) is 42.1 Å². The van der Waals surface area contributed by atoms with Gasteiger partial charge in [0.2, 0.25) is 0 Å². The molecule has 1 fully saturated rings. The Hall–Kier alpha value is -2.73. The van der Waals surface area contributed by atoms with E-state index in [9.17, 15) is 4.79 Å². The molecule has 3 aromatic rings. The molecule has 6 heteroatoms. The van der Waals surface area contributed by atoms with Crippen molar-refractivity contribution in [1.82, 2.24) is 4.98 Å². The van der Waals surface area contributed by atoms with Crippen molar-refractivity contribution in [3.63, 3.8) is 0 Å². The number of fused-ring (bicyclic) bond motifs is 1. The van der Waals surface area contributed by atoms with E-state index < -0.39 is 0 Å². The molecular weight excluding hydrogens is 374 g/mol. The zero-order chi connectivity index (χ0) is 19.7. The lowest BCUT2D eigenvalue weighted by atomic mass is 10.0. The molecule has 1 aromatic heterocycles. The summed E-state index contributed by atoms with van der Waals surface area (Å²) >= 11 is 1.45. The van der Waals surface area contributed by atoms with Gasteiger partial charge < -0.3 is 14.2 Å². The Balaban J connectivity index is 1.89. The summed E-state index contributed by atoms with van der Waals surface area (Å²) in [4.78, 5) is 16.9. The Morgan fingerprint density at radius 1 is 1.11 bits per heavy atom. The molecule has 2 heterocycles. The Kier molecular flexibility index (Phi) is 5.13. The van der Waals surface area contributed by atoms with Crippen molar-refractivity contribution in [3.8, 4) is 22.6 Å². The quantitative estimate of drug-likeness (QED) is 0.583. The summed E-state index contributed by atoms with van der Waals surface area (Å²) in [5, 5.41) is 1.45. The Morgan fingerprint density at radius 3 is 2.54 bits per heavy atom. The first-order valence-electron chi connectivity index (χ1n) is 9.08. The van der Waals surface area contributed by atoms with Gasteiger partial charge in [-0.2, -0.15) is 0 Å². The molecule has 0 spiro atoms. The van der Waals surface area contributed by atoms with Crippen LogP contribution in [0.25, 0.3) is 22.0 Å². The predicted molar refractivity (Wildman–Crippen MR) is 110 cm³/mol. The molecule has 0 radical (unpaired) electrons. The maximum absolute atomic E-state index is 12.1. The van der Waals surface area contributed by atoms with Crippen LogP contribution in [0.5, 0.6) is 11.5 Å². The maximum atomic E-state index is 12.1. The number of hydrogen-bond donors (Lipinski definition) is 0. The third-order valence-electron chi connectivity index (χ3n) is 4.75. The lowest BCUT2D eigenvalue weighted by molar-refractivity contribution is -0.140. The van der Waals surface area contributed by atoms with E-state index in [0.29, 0.717) is 17.9 Å². The topological polar surface area (TPSA) is 57.7 Å². The molecule has 0 amide bonds.